The van der Waals surface area contributed by atoms with E-state index in [4.69, 9.17) is 10.2 Å². The maximum atomic E-state index is 12.3. The minimum atomic E-state index is -0.0652. The summed E-state index contributed by atoms with van der Waals surface area (Å²) in [5.74, 6) is -0.0287. The van der Waals surface area contributed by atoms with Crippen molar-refractivity contribution < 1.29 is 15.0 Å². The Balaban J connectivity index is 2.12. The molecule has 1 amide bonds. The van der Waals surface area contributed by atoms with Crippen LogP contribution in [-0.4, -0.2) is 52.3 Å². The second kappa shape index (κ2) is 7.24. The fourth-order valence-electron chi connectivity index (χ4n) is 2.46. The molecule has 2 aromatic rings. The number of aryl methyl sites for hydroxylation is 1. The van der Waals surface area contributed by atoms with E-state index in [1.165, 1.54) is 5.56 Å². The van der Waals surface area contributed by atoms with E-state index in [1.807, 2.05) is 25.3 Å². The molecule has 0 spiro atoms. The van der Waals surface area contributed by atoms with Gasteiger partial charge in [0.1, 0.15) is 0 Å². The van der Waals surface area contributed by atoms with Crippen molar-refractivity contribution in [3.63, 3.8) is 0 Å². The first kappa shape index (κ1) is 15.5. The summed E-state index contributed by atoms with van der Waals surface area (Å²) in [7, 11) is 0. The fraction of sp³-hybridized carbons (Fsp3) is 0.438. The molecule has 1 aromatic carbocycles. The Morgan fingerprint density at radius 1 is 1.24 bits per heavy atom. The summed E-state index contributed by atoms with van der Waals surface area (Å²) < 4.78 is 0. The largest absolute Gasteiger partial charge is 0.396 e. The highest BCUT2D eigenvalue weighted by Gasteiger charge is 2.15. The third-order valence-corrected chi connectivity index (χ3v) is 3.57. The summed E-state index contributed by atoms with van der Waals surface area (Å²) in [4.78, 5) is 17.1. The predicted molar refractivity (Wildman–Crippen MR) is 82.1 cm³/mol. The number of aliphatic hydroxyl groups excluding tert-OH is 2. The number of carbonyl (C=O) groups excluding carboxylic acids is 1. The SMILES string of the molecule is Cc1ccc2c(CC(=O)N(CCO)CCCO)c[nH]c2c1. The number of carbonyl (C=O) groups is 1. The van der Waals surface area contributed by atoms with Crippen LogP contribution >= 0.6 is 0 Å². The van der Waals surface area contributed by atoms with Crippen LogP contribution in [0.5, 0.6) is 0 Å². The Morgan fingerprint density at radius 3 is 2.76 bits per heavy atom. The quantitative estimate of drug-likeness (QED) is 0.717. The molecule has 2 rings (SSSR count). The molecule has 0 atom stereocenters. The summed E-state index contributed by atoms with van der Waals surface area (Å²) in [5.41, 5.74) is 3.16. The molecule has 0 saturated heterocycles. The summed E-state index contributed by atoms with van der Waals surface area (Å²) in [5, 5.41) is 19.0. The van der Waals surface area contributed by atoms with E-state index in [0.717, 1.165) is 16.5 Å². The number of amides is 1. The lowest BCUT2D eigenvalue weighted by molar-refractivity contribution is -0.131. The van der Waals surface area contributed by atoms with Crippen LogP contribution in [-0.2, 0) is 11.2 Å². The molecule has 0 fully saturated rings. The Kier molecular flexibility index (Phi) is 5.36. The van der Waals surface area contributed by atoms with E-state index >= 15 is 0 Å². The molecule has 3 N–H and O–H groups in total. The van der Waals surface area contributed by atoms with E-state index in [2.05, 4.69) is 11.1 Å². The van der Waals surface area contributed by atoms with Crippen LogP contribution in [0, 0.1) is 6.92 Å². The minimum absolute atomic E-state index is 0.0287. The van der Waals surface area contributed by atoms with Crippen LogP contribution in [0.25, 0.3) is 10.9 Å². The van der Waals surface area contributed by atoms with Gasteiger partial charge < -0.3 is 20.1 Å². The lowest BCUT2D eigenvalue weighted by Crippen LogP contribution is -2.35. The number of hydrogen-bond donors (Lipinski definition) is 3. The van der Waals surface area contributed by atoms with Crippen molar-refractivity contribution in [1.29, 1.82) is 0 Å². The predicted octanol–water partition coefficient (Wildman–Crippen LogP) is 1.22. The van der Waals surface area contributed by atoms with Gasteiger partial charge in [0, 0.05) is 36.8 Å². The Hall–Kier alpha value is -1.85. The molecule has 5 heteroatoms. The molecule has 1 aromatic heterocycles. The molecule has 0 saturated carbocycles. The van der Waals surface area contributed by atoms with E-state index < -0.39 is 0 Å². The average Bonchev–Trinajstić information content (AvgIpc) is 2.85. The van der Waals surface area contributed by atoms with Crippen LogP contribution in [0.1, 0.15) is 17.5 Å². The van der Waals surface area contributed by atoms with Crippen LogP contribution in [0.2, 0.25) is 0 Å². The first-order valence-corrected chi connectivity index (χ1v) is 7.22. The molecule has 0 aliphatic carbocycles. The van der Waals surface area contributed by atoms with E-state index in [1.54, 1.807) is 4.90 Å². The number of nitrogens with zero attached hydrogens (tertiary/aromatic N) is 1. The zero-order chi connectivity index (χ0) is 15.2. The number of aromatic amines is 1. The van der Waals surface area contributed by atoms with Crippen LogP contribution in [0.3, 0.4) is 0 Å². The van der Waals surface area contributed by atoms with Gasteiger partial charge in [0.2, 0.25) is 5.91 Å². The molecule has 21 heavy (non-hydrogen) atoms. The Bertz CT molecular complexity index is 607. The molecular formula is C16H22N2O3. The second-order valence-electron chi connectivity index (χ2n) is 5.22. The molecule has 0 bridgehead atoms. The van der Waals surface area contributed by atoms with Crippen molar-refractivity contribution in [3.05, 3.63) is 35.5 Å². The fourth-order valence-corrected chi connectivity index (χ4v) is 2.46. The first-order chi connectivity index (χ1) is 10.2. The average molecular weight is 290 g/mol. The molecular weight excluding hydrogens is 268 g/mol. The van der Waals surface area contributed by atoms with Gasteiger partial charge in [-0.15, -0.1) is 0 Å². The lowest BCUT2D eigenvalue weighted by atomic mass is 10.1. The molecule has 0 aliphatic rings. The normalized spacial score (nSPS) is 11.0. The van der Waals surface area contributed by atoms with Crippen molar-refractivity contribution in [1.82, 2.24) is 9.88 Å². The van der Waals surface area contributed by atoms with Gasteiger partial charge in [0.15, 0.2) is 0 Å². The third-order valence-electron chi connectivity index (χ3n) is 3.57. The van der Waals surface area contributed by atoms with Crippen molar-refractivity contribution in [2.24, 2.45) is 0 Å². The number of benzene rings is 1. The van der Waals surface area contributed by atoms with Crippen molar-refractivity contribution >= 4 is 16.8 Å². The van der Waals surface area contributed by atoms with Crippen LogP contribution < -0.4 is 0 Å². The van der Waals surface area contributed by atoms with Gasteiger partial charge in [-0.1, -0.05) is 12.1 Å². The van der Waals surface area contributed by atoms with Gasteiger partial charge in [0.25, 0.3) is 0 Å². The highest BCUT2D eigenvalue weighted by molar-refractivity contribution is 5.89. The third kappa shape index (κ3) is 3.83. The van der Waals surface area contributed by atoms with E-state index in [0.29, 0.717) is 25.9 Å². The molecule has 5 nitrogen and oxygen atoms in total. The first-order valence-electron chi connectivity index (χ1n) is 7.22. The van der Waals surface area contributed by atoms with Gasteiger partial charge in [-0.2, -0.15) is 0 Å². The number of hydrogen-bond acceptors (Lipinski definition) is 3. The van der Waals surface area contributed by atoms with Crippen molar-refractivity contribution in [2.75, 3.05) is 26.3 Å². The topological polar surface area (TPSA) is 76.6 Å². The number of fused-ring (bicyclic) bond motifs is 1. The van der Waals surface area contributed by atoms with Crippen LogP contribution in [0.15, 0.2) is 24.4 Å². The van der Waals surface area contributed by atoms with E-state index in [9.17, 15) is 4.79 Å². The maximum absolute atomic E-state index is 12.3. The van der Waals surface area contributed by atoms with Gasteiger partial charge >= 0.3 is 0 Å². The Labute approximate surface area is 124 Å². The Morgan fingerprint density at radius 2 is 2.05 bits per heavy atom. The van der Waals surface area contributed by atoms with Gasteiger partial charge in [-0.3, -0.25) is 4.79 Å². The molecule has 0 unspecified atom stereocenters. The number of aliphatic hydroxyl groups is 2. The second-order valence-corrected chi connectivity index (χ2v) is 5.22. The summed E-state index contributed by atoms with van der Waals surface area (Å²) in [6, 6.07) is 6.11. The highest BCUT2D eigenvalue weighted by atomic mass is 16.3. The smallest absolute Gasteiger partial charge is 0.227 e. The monoisotopic (exact) mass is 290 g/mol. The molecule has 0 aliphatic heterocycles. The molecule has 1 heterocycles. The maximum Gasteiger partial charge on any atom is 0.227 e. The van der Waals surface area contributed by atoms with Gasteiger partial charge in [-0.25, -0.2) is 0 Å². The van der Waals surface area contributed by atoms with E-state index in [-0.39, 0.29) is 19.1 Å². The minimum Gasteiger partial charge on any atom is -0.396 e. The zero-order valence-electron chi connectivity index (χ0n) is 12.3. The number of nitrogens with one attached hydrogen (secondary N) is 1. The van der Waals surface area contributed by atoms with Gasteiger partial charge in [0.05, 0.1) is 13.0 Å². The summed E-state index contributed by atoms with van der Waals surface area (Å²) in [6.07, 6.45) is 2.69. The zero-order valence-corrected chi connectivity index (χ0v) is 12.3. The number of H-pyrrole nitrogens is 1. The standard InChI is InChI=1S/C16H22N2O3/c1-12-3-4-14-13(11-17-15(14)9-12)10-16(21)18(6-8-20)5-2-7-19/h3-4,9,11,17,19-20H,2,5-8,10H2,1H3. The molecule has 114 valence electrons. The lowest BCUT2D eigenvalue weighted by Gasteiger charge is -2.21. The summed E-state index contributed by atoms with van der Waals surface area (Å²) >= 11 is 0. The van der Waals surface area contributed by atoms with Crippen molar-refractivity contribution in [2.45, 2.75) is 19.8 Å². The highest BCUT2D eigenvalue weighted by Crippen LogP contribution is 2.20. The van der Waals surface area contributed by atoms with Crippen molar-refractivity contribution in [3.8, 4) is 0 Å². The summed E-state index contributed by atoms with van der Waals surface area (Å²) in [6.45, 7) is 2.78. The molecule has 0 radical (unpaired) electrons. The number of rotatable bonds is 7. The van der Waals surface area contributed by atoms with Crippen LogP contribution in [0.4, 0.5) is 0 Å². The van der Waals surface area contributed by atoms with Gasteiger partial charge in [-0.05, 0) is 30.5 Å². The number of aromatic nitrogens is 1.